The van der Waals surface area contributed by atoms with E-state index in [-0.39, 0.29) is 11.8 Å². The number of carbonyl (C=O) groups is 2. The van der Waals surface area contributed by atoms with Gasteiger partial charge in [-0.1, -0.05) is 13.3 Å². The van der Waals surface area contributed by atoms with E-state index in [1.54, 1.807) is 0 Å². The van der Waals surface area contributed by atoms with Crippen LogP contribution in [0.3, 0.4) is 0 Å². The largest absolute Gasteiger partial charge is 0.275 e. The topological polar surface area (TPSA) is 37.4 Å². The Balaban J connectivity index is 1.89. The minimum Gasteiger partial charge on any atom is -0.275 e. The third kappa shape index (κ3) is 1.50. The second-order valence-electron chi connectivity index (χ2n) is 3.78. The summed E-state index contributed by atoms with van der Waals surface area (Å²) < 4.78 is 0. The summed E-state index contributed by atoms with van der Waals surface area (Å²) in [5.74, 6) is 1.01. The summed E-state index contributed by atoms with van der Waals surface area (Å²) in [6.07, 6.45) is 5.04. The zero-order chi connectivity index (χ0) is 9.42. The maximum Gasteiger partial charge on any atom is 0.253 e. The molecule has 3 nitrogen and oxygen atoms in total. The molecule has 2 aliphatic rings. The molecule has 0 aromatic carbocycles. The van der Waals surface area contributed by atoms with Gasteiger partial charge in [0.1, 0.15) is 0 Å². The van der Waals surface area contributed by atoms with Gasteiger partial charge in [0.2, 0.25) is 0 Å². The van der Waals surface area contributed by atoms with Gasteiger partial charge >= 0.3 is 0 Å². The predicted molar refractivity (Wildman–Crippen MR) is 47.7 cm³/mol. The lowest BCUT2D eigenvalue weighted by Gasteiger charge is -2.12. The molecule has 1 aliphatic carbocycles. The van der Waals surface area contributed by atoms with Crippen molar-refractivity contribution in [2.75, 3.05) is 6.54 Å². The molecule has 0 bridgehead atoms. The molecule has 13 heavy (non-hydrogen) atoms. The van der Waals surface area contributed by atoms with Crippen molar-refractivity contribution in [1.29, 1.82) is 0 Å². The third-order valence-corrected chi connectivity index (χ3v) is 2.91. The molecule has 2 rings (SSSR count). The number of hydrogen-bond donors (Lipinski definition) is 0. The third-order valence-electron chi connectivity index (χ3n) is 2.91. The Morgan fingerprint density at radius 2 is 1.92 bits per heavy atom. The number of nitrogens with zero attached hydrogens (tertiary/aromatic N) is 1. The van der Waals surface area contributed by atoms with Crippen molar-refractivity contribution in [2.24, 2.45) is 11.8 Å². The second-order valence-corrected chi connectivity index (χ2v) is 3.78. The molecule has 2 atom stereocenters. The second kappa shape index (κ2) is 2.98. The zero-order valence-corrected chi connectivity index (χ0v) is 7.69. The van der Waals surface area contributed by atoms with Gasteiger partial charge in [-0.2, -0.15) is 0 Å². The van der Waals surface area contributed by atoms with Crippen LogP contribution in [0, 0.1) is 11.8 Å². The molecular weight excluding hydrogens is 166 g/mol. The van der Waals surface area contributed by atoms with E-state index in [4.69, 9.17) is 0 Å². The van der Waals surface area contributed by atoms with Gasteiger partial charge in [-0.25, -0.2) is 0 Å². The van der Waals surface area contributed by atoms with Crippen LogP contribution in [-0.2, 0) is 9.59 Å². The standard InChI is InChI=1S/C10H13NO2/c1-2-7-5-8(7)6-11-9(12)3-4-10(11)13/h3-4,7-8H,2,5-6H2,1H3/t7-,8+/m1/s1. The molecule has 1 aliphatic heterocycles. The monoisotopic (exact) mass is 179 g/mol. The zero-order valence-electron chi connectivity index (χ0n) is 7.69. The minimum absolute atomic E-state index is 0.147. The summed E-state index contributed by atoms with van der Waals surface area (Å²) in [5, 5.41) is 0. The first-order valence-corrected chi connectivity index (χ1v) is 4.76. The lowest BCUT2D eigenvalue weighted by molar-refractivity contribution is -0.137. The Bertz CT molecular complexity index is 265. The SMILES string of the molecule is CC[C@@H]1C[C@H]1CN1C(=O)C=CC1=O. The van der Waals surface area contributed by atoms with E-state index in [9.17, 15) is 9.59 Å². The van der Waals surface area contributed by atoms with E-state index in [1.165, 1.54) is 23.5 Å². The van der Waals surface area contributed by atoms with E-state index in [2.05, 4.69) is 6.92 Å². The first kappa shape index (κ1) is 8.48. The van der Waals surface area contributed by atoms with Crippen molar-refractivity contribution in [3.05, 3.63) is 12.2 Å². The van der Waals surface area contributed by atoms with Gasteiger partial charge in [0.25, 0.3) is 11.8 Å². The van der Waals surface area contributed by atoms with Gasteiger partial charge in [0.05, 0.1) is 0 Å². The van der Waals surface area contributed by atoms with Crippen LogP contribution in [0.4, 0.5) is 0 Å². The van der Waals surface area contributed by atoms with Crippen LogP contribution in [0.15, 0.2) is 12.2 Å². The molecule has 2 amide bonds. The van der Waals surface area contributed by atoms with Crippen molar-refractivity contribution < 1.29 is 9.59 Å². The molecule has 3 heteroatoms. The van der Waals surface area contributed by atoms with E-state index in [0.29, 0.717) is 12.5 Å². The molecule has 0 spiro atoms. The van der Waals surface area contributed by atoms with Crippen molar-refractivity contribution in [2.45, 2.75) is 19.8 Å². The normalized spacial score (nSPS) is 31.6. The van der Waals surface area contributed by atoms with Crippen molar-refractivity contribution in [3.8, 4) is 0 Å². The number of amides is 2. The van der Waals surface area contributed by atoms with Gasteiger partial charge in [-0.3, -0.25) is 14.5 Å². The van der Waals surface area contributed by atoms with Gasteiger partial charge in [-0.05, 0) is 18.3 Å². The van der Waals surface area contributed by atoms with Crippen LogP contribution in [0.25, 0.3) is 0 Å². The highest BCUT2D eigenvalue weighted by Gasteiger charge is 2.39. The highest BCUT2D eigenvalue weighted by Crippen LogP contribution is 2.41. The molecule has 0 saturated heterocycles. The predicted octanol–water partition coefficient (Wildman–Crippen LogP) is 0.958. The molecule has 0 aromatic heterocycles. The van der Waals surface area contributed by atoms with Crippen LogP contribution in [0.5, 0.6) is 0 Å². The first-order valence-electron chi connectivity index (χ1n) is 4.76. The molecule has 0 aromatic rings. The van der Waals surface area contributed by atoms with Crippen molar-refractivity contribution in [3.63, 3.8) is 0 Å². The average Bonchev–Trinajstić information content (AvgIpc) is 2.81. The lowest BCUT2D eigenvalue weighted by Crippen LogP contribution is -2.32. The maximum absolute atomic E-state index is 11.2. The molecule has 1 saturated carbocycles. The number of hydrogen-bond acceptors (Lipinski definition) is 2. The number of carbonyl (C=O) groups excluding carboxylic acids is 2. The summed E-state index contributed by atoms with van der Waals surface area (Å²) in [6.45, 7) is 2.78. The van der Waals surface area contributed by atoms with E-state index in [0.717, 1.165) is 12.3 Å². The number of rotatable bonds is 3. The quantitative estimate of drug-likeness (QED) is 0.605. The number of imide groups is 1. The molecule has 1 heterocycles. The van der Waals surface area contributed by atoms with Crippen LogP contribution in [-0.4, -0.2) is 23.3 Å². The lowest BCUT2D eigenvalue weighted by atomic mass is 10.2. The fraction of sp³-hybridized carbons (Fsp3) is 0.600. The van der Waals surface area contributed by atoms with Crippen molar-refractivity contribution >= 4 is 11.8 Å². The average molecular weight is 179 g/mol. The van der Waals surface area contributed by atoms with Gasteiger partial charge in [0, 0.05) is 18.7 Å². The Morgan fingerprint density at radius 1 is 1.31 bits per heavy atom. The van der Waals surface area contributed by atoms with E-state index in [1.807, 2.05) is 0 Å². The Morgan fingerprint density at radius 3 is 2.38 bits per heavy atom. The summed E-state index contributed by atoms with van der Waals surface area (Å²) in [5.41, 5.74) is 0. The summed E-state index contributed by atoms with van der Waals surface area (Å²) >= 11 is 0. The Labute approximate surface area is 77.4 Å². The smallest absolute Gasteiger partial charge is 0.253 e. The van der Waals surface area contributed by atoms with Crippen molar-refractivity contribution in [1.82, 2.24) is 4.90 Å². The molecule has 70 valence electrons. The molecule has 0 N–H and O–H groups in total. The van der Waals surface area contributed by atoms with Crippen LogP contribution in [0.1, 0.15) is 19.8 Å². The van der Waals surface area contributed by atoms with Crippen LogP contribution < -0.4 is 0 Å². The molecule has 0 unspecified atom stereocenters. The van der Waals surface area contributed by atoms with E-state index < -0.39 is 0 Å². The summed E-state index contributed by atoms with van der Waals surface area (Å²) in [7, 11) is 0. The highest BCUT2D eigenvalue weighted by atomic mass is 16.2. The van der Waals surface area contributed by atoms with Gasteiger partial charge in [-0.15, -0.1) is 0 Å². The minimum atomic E-state index is -0.147. The fourth-order valence-corrected chi connectivity index (χ4v) is 1.88. The molecular formula is C10H13NO2. The fourth-order valence-electron chi connectivity index (χ4n) is 1.88. The summed E-state index contributed by atoms with van der Waals surface area (Å²) in [4.78, 5) is 23.7. The van der Waals surface area contributed by atoms with Crippen LogP contribution >= 0.6 is 0 Å². The Kier molecular flexibility index (Phi) is 1.94. The van der Waals surface area contributed by atoms with Crippen LogP contribution in [0.2, 0.25) is 0 Å². The van der Waals surface area contributed by atoms with Gasteiger partial charge in [0.15, 0.2) is 0 Å². The maximum atomic E-state index is 11.2. The first-order chi connectivity index (χ1) is 6.22. The van der Waals surface area contributed by atoms with Gasteiger partial charge < -0.3 is 0 Å². The molecule has 1 fully saturated rings. The summed E-state index contributed by atoms with van der Waals surface area (Å²) in [6, 6.07) is 0. The molecule has 0 radical (unpaired) electrons. The highest BCUT2D eigenvalue weighted by molar-refractivity contribution is 6.12. The van der Waals surface area contributed by atoms with E-state index >= 15 is 0 Å². The Hall–Kier alpha value is -1.12.